The SMILES string of the molecule is O=C(Cc1ccccc1)Nc1ccc(NCc2cccnc2)nc1. The molecule has 1 aromatic carbocycles. The summed E-state index contributed by atoms with van der Waals surface area (Å²) in [5, 5.41) is 6.07. The minimum absolute atomic E-state index is 0.0564. The van der Waals surface area contributed by atoms with Crippen molar-refractivity contribution in [2.75, 3.05) is 10.6 Å². The Labute approximate surface area is 140 Å². The zero-order chi connectivity index (χ0) is 16.6. The molecule has 0 unspecified atom stereocenters. The number of carbonyl (C=O) groups excluding carboxylic acids is 1. The summed E-state index contributed by atoms with van der Waals surface area (Å²) in [4.78, 5) is 20.4. The number of aromatic nitrogens is 2. The maximum absolute atomic E-state index is 12.0. The molecule has 0 spiro atoms. The molecule has 2 heterocycles. The lowest BCUT2D eigenvalue weighted by atomic mass is 10.1. The van der Waals surface area contributed by atoms with Gasteiger partial charge in [0.15, 0.2) is 0 Å². The number of benzene rings is 1. The molecule has 2 N–H and O–H groups in total. The molecule has 0 saturated heterocycles. The average Bonchev–Trinajstić information content (AvgIpc) is 2.63. The Bertz CT molecular complexity index is 773. The number of pyridine rings is 2. The lowest BCUT2D eigenvalue weighted by Gasteiger charge is -2.08. The van der Waals surface area contributed by atoms with E-state index < -0.39 is 0 Å². The highest BCUT2D eigenvalue weighted by atomic mass is 16.1. The van der Waals surface area contributed by atoms with E-state index in [9.17, 15) is 4.79 Å². The van der Waals surface area contributed by atoms with Crippen LogP contribution in [0.2, 0.25) is 0 Å². The molecule has 5 nitrogen and oxygen atoms in total. The zero-order valence-corrected chi connectivity index (χ0v) is 13.1. The number of hydrogen-bond donors (Lipinski definition) is 2. The smallest absolute Gasteiger partial charge is 0.228 e. The molecule has 0 fully saturated rings. The molecule has 0 aliphatic heterocycles. The van der Waals surface area contributed by atoms with Crippen LogP contribution in [0.15, 0.2) is 73.2 Å². The van der Waals surface area contributed by atoms with Crippen molar-refractivity contribution in [3.63, 3.8) is 0 Å². The van der Waals surface area contributed by atoms with Gasteiger partial charge in [0.1, 0.15) is 5.82 Å². The number of nitrogens with one attached hydrogen (secondary N) is 2. The summed E-state index contributed by atoms with van der Waals surface area (Å²) in [7, 11) is 0. The highest BCUT2D eigenvalue weighted by Crippen LogP contribution is 2.11. The van der Waals surface area contributed by atoms with Crippen LogP contribution in [-0.4, -0.2) is 15.9 Å². The van der Waals surface area contributed by atoms with Crippen LogP contribution in [0.25, 0.3) is 0 Å². The largest absolute Gasteiger partial charge is 0.366 e. The quantitative estimate of drug-likeness (QED) is 0.732. The molecular weight excluding hydrogens is 300 g/mol. The summed E-state index contributed by atoms with van der Waals surface area (Å²) in [6, 6.07) is 17.2. The van der Waals surface area contributed by atoms with Gasteiger partial charge in [-0.3, -0.25) is 9.78 Å². The van der Waals surface area contributed by atoms with Crippen molar-refractivity contribution in [2.24, 2.45) is 0 Å². The molecule has 0 radical (unpaired) electrons. The molecule has 0 aliphatic rings. The van der Waals surface area contributed by atoms with Crippen molar-refractivity contribution < 1.29 is 4.79 Å². The second-order valence-corrected chi connectivity index (χ2v) is 5.36. The van der Waals surface area contributed by atoms with Crippen molar-refractivity contribution in [3.05, 3.63) is 84.3 Å². The molecule has 1 amide bonds. The third-order valence-electron chi connectivity index (χ3n) is 3.45. The number of amides is 1. The number of rotatable bonds is 6. The molecule has 3 rings (SSSR count). The van der Waals surface area contributed by atoms with E-state index in [0.717, 1.165) is 16.9 Å². The van der Waals surface area contributed by atoms with Crippen LogP contribution < -0.4 is 10.6 Å². The van der Waals surface area contributed by atoms with E-state index in [1.54, 1.807) is 12.4 Å². The molecule has 0 aliphatic carbocycles. The summed E-state index contributed by atoms with van der Waals surface area (Å²) < 4.78 is 0. The molecule has 2 aromatic heterocycles. The van der Waals surface area contributed by atoms with Crippen molar-refractivity contribution in [2.45, 2.75) is 13.0 Å². The number of hydrogen-bond acceptors (Lipinski definition) is 4. The van der Waals surface area contributed by atoms with Crippen LogP contribution in [0.3, 0.4) is 0 Å². The Kier molecular flexibility index (Phi) is 5.14. The summed E-state index contributed by atoms with van der Waals surface area (Å²) in [6.07, 6.45) is 5.55. The van der Waals surface area contributed by atoms with Gasteiger partial charge in [0, 0.05) is 18.9 Å². The van der Waals surface area contributed by atoms with Gasteiger partial charge in [-0.15, -0.1) is 0 Å². The van der Waals surface area contributed by atoms with Crippen molar-refractivity contribution in [1.82, 2.24) is 9.97 Å². The Morgan fingerprint density at radius 3 is 2.46 bits per heavy atom. The molecule has 5 heteroatoms. The first-order chi connectivity index (χ1) is 11.8. The van der Waals surface area contributed by atoms with E-state index in [1.165, 1.54) is 0 Å². The van der Waals surface area contributed by atoms with Gasteiger partial charge < -0.3 is 10.6 Å². The second-order valence-electron chi connectivity index (χ2n) is 5.36. The fraction of sp³-hybridized carbons (Fsp3) is 0.105. The van der Waals surface area contributed by atoms with E-state index >= 15 is 0 Å². The van der Waals surface area contributed by atoms with Gasteiger partial charge in [-0.1, -0.05) is 36.4 Å². The first-order valence-corrected chi connectivity index (χ1v) is 7.72. The minimum atomic E-state index is -0.0564. The van der Waals surface area contributed by atoms with E-state index in [2.05, 4.69) is 20.6 Å². The van der Waals surface area contributed by atoms with Crippen molar-refractivity contribution in [3.8, 4) is 0 Å². The summed E-state index contributed by atoms with van der Waals surface area (Å²) >= 11 is 0. The average molecular weight is 318 g/mol. The van der Waals surface area contributed by atoms with Gasteiger partial charge in [-0.05, 0) is 29.3 Å². The molecule has 3 aromatic rings. The van der Waals surface area contributed by atoms with Crippen LogP contribution in [0.1, 0.15) is 11.1 Å². The third kappa shape index (κ3) is 4.64. The number of carbonyl (C=O) groups is 1. The van der Waals surface area contributed by atoms with E-state index in [0.29, 0.717) is 18.7 Å². The third-order valence-corrected chi connectivity index (χ3v) is 3.45. The predicted octanol–water partition coefficient (Wildman–Crippen LogP) is 3.27. The maximum atomic E-state index is 12.0. The fourth-order valence-corrected chi connectivity index (χ4v) is 2.25. The van der Waals surface area contributed by atoms with Crippen LogP contribution in [0.5, 0.6) is 0 Å². The van der Waals surface area contributed by atoms with Gasteiger partial charge in [0.05, 0.1) is 18.3 Å². The highest BCUT2D eigenvalue weighted by Gasteiger charge is 2.04. The van der Waals surface area contributed by atoms with Crippen LogP contribution in [0, 0.1) is 0 Å². The van der Waals surface area contributed by atoms with Crippen molar-refractivity contribution in [1.29, 1.82) is 0 Å². The standard InChI is InChI=1S/C19H18N4O/c24-19(11-15-5-2-1-3-6-15)23-17-8-9-18(22-14-17)21-13-16-7-4-10-20-12-16/h1-10,12,14H,11,13H2,(H,21,22)(H,23,24). The molecular formula is C19H18N4O. The summed E-state index contributed by atoms with van der Waals surface area (Å²) in [5.41, 5.74) is 2.75. The van der Waals surface area contributed by atoms with E-state index in [-0.39, 0.29) is 5.91 Å². The lowest BCUT2D eigenvalue weighted by Crippen LogP contribution is -2.14. The first kappa shape index (κ1) is 15.7. The number of nitrogens with zero attached hydrogens (tertiary/aromatic N) is 2. The number of anilines is 2. The summed E-state index contributed by atoms with van der Waals surface area (Å²) in [6.45, 7) is 0.653. The van der Waals surface area contributed by atoms with Gasteiger partial charge in [-0.2, -0.15) is 0 Å². The zero-order valence-electron chi connectivity index (χ0n) is 13.1. The van der Waals surface area contributed by atoms with Crippen LogP contribution in [0.4, 0.5) is 11.5 Å². The Balaban J connectivity index is 1.51. The lowest BCUT2D eigenvalue weighted by molar-refractivity contribution is -0.115. The second kappa shape index (κ2) is 7.87. The molecule has 0 saturated carbocycles. The van der Waals surface area contributed by atoms with Gasteiger partial charge in [0.25, 0.3) is 0 Å². The van der Waals surface area contributed by atoms with E-state index in [4.69, 9.17) is 0 Å². The normalized spacial score (nSPS) is 10.2. The fourth-order valence-electron chi connectivity index (χ4n) is 2.25. The molecule has 0 bridgehead atoms. The monoisotopic (exact) mass is 318 g/mol. The maximum Gasteiger partial charge on any atom is 0.228 e. The Morgan fingerprint density at radius 2 is 1.75 bits per heavy atom. The molecule has 24 heavy (non-hydrogen) atoms. The van der Waals surface area contributed by atoms with Gasteiger partial charge >= 0.3 is 0 Å². The van der Waals surface area contributed by atoms with Crippen LogP contribution in [-0.2, 0) is 17.8 Å². The van der Waals surface area contributed by atoms with Crippen molar-refractivity contribution >= 4 is 17.4 Å². The predicted molar refractivity (Wildman–Crippen MR) is 94.6 cm³/mol. The summed E-state index contributed by atoms with van der Waals surface area (Å²) in [5.74, 6) is 0.694. The molecule has 120 valence electrons. The van der Waals surface area contributed by atoms with Gasteiger partial charge in [0.2, 0.25) is 5.91 Å². The molecule has 0 atom stereocenters. The Morgan fingerprint density at radius 1 is 0.917 bits per heavy atom. The van der Waals surface area contributed by atoms with Gasteiger partial charge in [-0.25, -0.2) is 4.98 Å². The highest BCUT2D eigenvalue weighted by molar-refractivity contribution is 5.92. The van der Waals surface area contributed by atoms with Crippen LogP contribution >= 0.6 is 0 Å². The minimum Gasteiger partial charge on any atom is -0.366 e. The Hall–Kier alpha value is -3.21. The topological polar surface area (TPSA) is 66.9 Å². The van der Waals surface area contributed by atoms with E-state index in [1.807, 2.05) is 60.8 Å². The first-order valence-electron chi connectivity index (χ1n) is 7.72.